The Kier molecular flexibility index (Phi) is 7.86. The van der Waals surface area contributed by atoms with Crippen molar-refractivity contribution in [1.29, 1.82) is 0 Å². The lowest BCUT2D eigenvalue weighted by molar-refractivity contribution is -0.159. The van der Waals surface area contributed by atoms with Crippen molar-refractivity contribution in [2.75, 3.05) is 0 Å². The first kappa shape index (κ1) is 28.4. The fourth-order valence-corrected chi connectivity index (χ4v) is 6.11. The average molecular weight is 569 g/mol. The van der Waals surface area contributed by atoms with Crippen molar-refractivity contribution >= 4 is 55.0 Å². The van der Waals surface area contributed by atoms with Gasteiger partial charge in [0.1, 0.15) is 11.7 Å². The van der Waals surface area contributed by atoms with Gasteiger partial charge in [-0.05, 0) is 87.1 Å². The summed E-state index contributed by atoms with van der Waals surface area (Å²) in [6.07, 6.45) is 0.583. The van der Waals surface area contributed by atoms with Crippen molar-refractivity contribution in [3.8, 4) is 0 Å². The maximum atomic E-state index is 13.3. The Bertz CT molecular complexity index is 1740. The lowest BCUT2D eigenvalue weighted by Gasteiger charge is -2.23. The number of hydrogen-bond donors (Lipinski definition) is 0. The molecule has 43 heavy (non-hydrogen) atoms. The highest BCUT2D eigenvalue weighted by atomic mass is 16.6. The van der Waals surface area contributed by atoms with Gasteiger partial charge in [-0.1, -0.05) is 97.1 Å². The van der Waals surface area contributed by atoms with Crippen LogP contribution in [0.2, 0.25) is 0 Å². The quantitative estimate of drug-likeness (QED) is 0.136. The van der Waals surface area contributed by atoms with Crippen LogP contribution in [-0.2, 0) is 31.9 Å². The third-order valence-electron chi connectivity index (χ3n) is 7.88. The second-order valence-electron chi connectivity index (χ2n) is 12.2. The van der Waals surface area contributed by atoms with Gasteiger partial charge in [-0.25, -0.2) is 0 Å². The number of fused-ring (bicyclic) bond motifs is 4. The van der Waals surface area contributed by atoms with E-state index in [-0.39, 0.29) is 12.8 Å². The number of esters is 2. The van der Waals surface area contributed by atoms with Gasteiger partial charge >= 0.3 is 11.9 Å². The highest BCUT2D eigenvalue weighted by Gasteiger charge is 2.23. The summed E-state index contributed by atoms with van der Waals surface area (Å²) in [7, 11) is 0. The number of carbonyl (C=O) groups is 2. The van der Waals surface area contributed by atoms with Crippen molar-refractivity contribution < 1.29 is 19.1 Å². The molecule has 6 aromatic carbocycles. The van der Waals surface area contributed by atoms with Crippen molar-refractivity contribution in [2.45, 2.75) is 58.2 Å². The highest BCUT2D eigenvalue weighted by molar-refractivity contribution is 6.03. The molecule has 216 valence electrons. The van der Waals surface area contributed by atoms with Crippen LogP contribution < -0.4 is 0 Å². The summed E-state index contributed by atoms with van der Waals surface area (Å²) in [4.78, 5) is 25.7. The van der Waals surface area contributed by atoms with E-state index in [2.05, 4.69) is 109 Å². The molecule has 6 aromatic rings. The predicted molar refractivity (Wildman–Crippen MR) is 175 cm³/mol. The molecule has 0 aliphatic heterocycles. The molecule has 4 heteroatoms. The van der Waals surface area contributed by atoms with Gasteiger partial charge in [0.15, 0.2) is 0 Å². The van der Waals surface area contributed by atoms with Crippen molar-refractivity contribution in [2.24, 2.45) is 0 Å². The van der Waals surface area contributed by atoms with Gasteiger partial charge in [0.05, 0.1) is 12.8 Å². The molecule has 0 atom stereocenters. The van der Waals surface area contributed by atoms with E-state index in [0.717, 1.165) is 54.2 Å². The zero-order chi connectivity index (χ0) is 30.0. The maximum Gasteiger partial charge on any atom is 0.306 e. The van der Waals surface area contributed by atoms with Gasteiger partial charge in [-0.3, -0.25) is 9.59 Å². The Morgan fingerprint density at radius 3 is 1.28 bits per heavy atom. The summed E-state index contributed by atoms with van der Waals surface area (Å²) in [6, 6.07) is 38.0. The Labute approximate surface area is 252 Å². The minimum absolute atomic E-state index is 0.0166. The first-order valence-electron chi connectivity index (χ1n) is 15.0. The molecule has 0 aliphatic carbocycles. The van der Waals surface area contributed by atoms with Gasteiger partial charge in [0.2, 0.25) is 0 Å². The molecule has 0 aromatic heterocycles. The largest absolute Gasteiger partial charge is 0.462 e. The van der Waals surface area contributed by atoms with Gasteiger partial charge in [0.25, 0.3) is 0 Å². The van der Waals surface area contributed by atoms with E-state index in [0.29, 0.717) is 12.8 Å². The minimum Gasteiger partial charge on any atom is -0.462 e. The molecule has 0 radical (unpaired) electrons. The van der Waals surface area contributed by atoms with E-state index in [4.69, 9.17) is 9.47 Å². The van der Waals surface area contributed by atoms with E-state index in [1.165, 1.54) is 0 Å². The predicted octanol–water partition coefficient (Wildman–Crippen LogP) is 9.12. The third kappa shape index (κ3) is 6.39. The van der Waals surface area contributed by atoms with E-state index < -0.39 is 23.6 Å². The number of benzene rings is 6. The van der Waals surface area contributed by atoms with E-state index in [9.17, 15) is 9.59 Å². The van der Waals surface area contributed by atoms with Crippen molar-refractivity contribution in [1.82, 2.24) is 0 Å². The standard InChI is InChI=1S/C39H36O4/c1-39(2,3)43-38(41)21-20-37(40)42-30(24-35-31-16-8-4-12-26(31)22-27-13-5-9-17-32(27)35)25-36-33-18-10-6-14-28(33)23-29-15-7-11-19-34(29)36/h4-19,22-23,30H,20-21,24-25H2,1-3H3. The van der Waals surface area contributed by atoms with Crippen LogP contribution in [0.5, 0.6) is 0 Å². The van der Waals surface area contributed by atoms with Crippen LogP contribution >= 0.6 is 0 Å². The topological polar surface area (TPSA) is 52.6 Å². The normalized spacial score (nSPS) is 11.9. The number of ether oxygens (including phenoxy) is 2. The molecule has 0 aliphatic rings. The summed E-state index contributed by atoms with van der Waals surface area (Å²) in [6.45, 7) is 5.47. The Balaban J connectivity index is 1.41. The summed E-state index contributed by atoms with van der Waals surface area (Å²) in [5, 5.41) is 9.22. The fraction of sp³-hybridized carbons (Fsp3) is 0.231. The second kappa shape index (κ2) is 11.9. The van der Waals surface area contributed by atoms with Gasteiger partial charge in [-0.15, -0.1) is 0 Å². The van der Waals surface area contributed by atoms with Crippen LogP contribution in [-0.4, -0.2) is 23.6 Å². The average Bonchev–Trinajstić information content (AvgIpc) is 2.99. The number of hydrogen-bond acceptors (Lipinski definition) is 4. The van der Waals surface area contributed by atoms with Crippen LogP contribution in [0, 0.1) is 0 Å². The van der Waals surface area contributed by atoms with E-state index in [1.54, 1.807) is 0 Å². The molecule has 0 saturated heterocycles. The van der Waals surface area contributed by atoms with Crippen LogP contribution in [0.4, 0.5) is 0 Å². The molecule has 0 spiro atoms. The zero-order valence-electron chi connectivity index (χ0n) is 24.9. The summed E-state index contributed by atoms with van der Waals surface area (Å²) < 4.78 is 11.7. The fourth-order valence-electron chi connectivity index (χ4n) is 6.11. The SMILES string of the molecule is CC(C)(C)OC(=O)CCC(=O)OC(Cc1c2ccccc2cc2ccccc12)Cc1c2ccccc2cc2ccccc12. The molecule has 0 N–H and O–H groups in total. The van der Waals surface area contributed by atoms with E-state index >= 15 is 0 Å². The van der Waals surface area contributed by atoms with Gasteiger partial charge in [-0.2, -0.15) is 0 Å². The van der Waals surface area contributed by atoms with Crippen LogP contribution in [0.1, 0.15) is 44.7 Å². The number of rotatable bonds is 8. The molecule has 0 amide bonds. The summed E-state index contributed by atoms with van der Waals surface area (Å²) in [5.41, 5.74) is 1.71. The molecular formula is C39H36O4. The smallest absolute Gasteiger partial charge is 0.306 e. The molecule has 0 saturated carbocycles. The molecule has 0 unspecified atom stereocenters. The first-order chi connectivity index (χ1) is 20.7. The Hall–Kier alpha value is -4.70. The summed E-state index contributed by atoms with van der Waals surface area (Å²) >= 11 is 0. The van der Waals surface area contributed by atoms with Crippen LogP contribution in [0.3, 0.4) is 0 Å². The zero-order valence-corrected chi connectivity index (χ0v) is 24.9. The first-order valence-corrected chi connectivity index (χ1v) is 15.0. The minimum atomic E-state index is -0.603. The molecule has 0 bridgehead atoms. The lowest BCUT2D eigenvalue weighted by Crippen LogP contribution is -2.26. The van der Waals surface area contributed by atoms with Crippen molar-refractivity contribution in [3.63, 3.8) is 0 Å². The van der Waals surface area contributed by atoms with Crippen molar-refractivity contribution in [3.05, 3.63) is 120 Å². The van der Waals surface area contributed by atoms with Gasteiger partial charge in [0, 0.05) is 12.8 Å². The highest BCUT2D eigenvalue weighted by Crippen LogP contribution is 2.33. The lowest BCUT2D eigenvalue weighted by atomic mass is 9.89. The monoisotopic (exact) mass is 568 g/mol. The van der Waals surface area contributed by atoms with Crippen LogP contribution in [0.15, 0.2) is 109 Å². The molecule has 4 nitrogen and oxygen atoms in total. The van der Waals surface area contributed by atoms with Gasteiger partial charge < -0.3 is 9.47 Å². The Morgan fingerprint density at radius 2 is 0.907 bits per heavy atom. The second-order valence-corrected chi connectivity index (χ2v) is 12.2. The molecule has 6 rings (SSSR count). The van der Waals surface area contributed by atoms with Crippen LogP contribution in [0.25, 0.3) is 43.1 Å². The number of carbonyl (C=O) groups excluding carboxylic acids is 2. The molecular weight excluding hydrogens is 532 g/mol. The molecule has 0 fully saturated rings. The third-order valence-corrected chi connectivity index (χ3v) is 7.88. The summed E-state index contributed by atoms with van der Waals surface area (Å²) in [5.74, 6) is -0.800. The Morgan fingerprint density at radius 1 is 0.558 bits per heavy atom. The van der Waals surface area contributed by atoms with E-state index in [1.807, 2.05) is 20.8 Å². The molecule has 0 heterocycles. The maximum absolute atomic E-state index is 13.3.